The molecule has 1 aliphatic carbocycles. The molecule has 230 valence electrons. The number of anilines is 2. The van der Waals surface area contributed by atoms with Gasteiger partial charge in [-0.25, -0.2) is 0 Å². The second-order valence-corrected chi connectivity index (χ2v) is 11.5. The van der Waals surface area contributed by atoms with Gasteiger partial charge in [-0.1, -0.05) is 32.8 Å². The van der Waals surface area contributed by atoms with Crippen molar-refractivity contribution in [2.45, 2.75) is 76.2 Å². The molecule has 2 aromatic carbocycles. The number of rotatable bonds is 10. The van der Waals surface area contributed by atoms with E-state index in [9.17, 15) is 13.2 Å². The average molecular weight is 604 g/mol. The first-order valence-electron chi connectivity index (χ1n) is 14.6. The van der Waals surface area contributed by atoms with E-state index in [-0.39, 0.29) is 6.54 Å². The largest absolute Gasteiger partial charge is 0.495 e. The number of benzene rings is 2. The molecule has 1 fully saturated rings. The van der Waals surface area contributed by atoms with Crippen molar-refractivity contribution < 1.29 is 17.9 Å². The van der Waals surface area contributed by atoms with Crippen LogP contribution in [-0.2, 0) is 6.54 Å². The first kappa shape index (κ1) is 33.5. The third-order valence-electron chi connectivity index (χ3n) is 6.91. The summed E-state index contributed by atoms with van der Waals surface area (Å²) in [7, 11) is 5.53. The quantitative estimate of drug-likeness (QED) is 0.164. The molecule has 0 amide bonds. The highest BCUT2D eigenvalue weighted by atomic mass is 32.2. The standard InChI is InChI=1S/C30H38F3N5OS.C2H6/c1-5-34-21-11-13-22(14-12-21)36-26-9-6-10-28-25(26)18-23(38(28)20-30(31,32)33)8-7-17-35-27-16-15-24(40-37(2)3)19-29(27)39-4;1-2/h6,9-10,15-16,18-19,21-22,34-36H,5,11-14,17,20H2,1-4H3;1-2H3. The van der Waals surface area contributed by atoms with Crippen LogP contribution in [0.2, 0.25) is 0 Å². The number of methoxy groups -OCH3 is 1. The minimum atomic E-state index is -4.37. The Morgan fingerprint density at radius 2 is 1.74 bits per heavy atom. The predicted molar refractivity (Wildman–Crippen MR) is 171 cm³/mol. The summed E-state index contributed by atoms with van der Waals surface area (Å²) in [5, 5.41) is 11.1. The highest BCUT2D eigenvalue weighted by Crippen LogP contribution is 2.33. The fourth-order valence-corrected chi connectivity index (χ4v) is 5.88. The van der Waals surface area contributed by atoms with Crippen LogP contribution < -0.4 is 20.7 Å². The molecule has 10 heteroatoms. The SMILES string of the molecule is CC.CCNC1CCC(Nc2cccc3c2cc(C#CCNc2ccc(SN(C)C)cc2OC)n3CC(F)(F)F)CC1. The molecule has 6 nitrogen and oxygen atoms in total. The number of hydrogen-bond acceptors (Lipinski definition) is 6. The molecule has 0 saturated heterocycles. The maximum Gasteiger partial charge on any atom is 0.406 e. The van der Waals surface area contributed by atoms with Crippen LogP contribution in [0.3, 0.4) is 0 Å². The van der Waals surface area contributed by atoms with Crippen molar-refractivity contribution in [3.05, 3.63) is 48.2 Å². The predicted octanol–water partition coefficient (Wildman–Crippen LogP) is 7.60. The topological polar surface area (TPSA) is 53.5 Å². The van der Waals surface area contributed by atoms with Crippen molar-refractivity contribution in [3.63, 3.8) is 0 Å². The van der Waals surface area contributed by atoms with Crippen LogP contribution in [0.5, 0.6) is 5.75 Å². The van der Waals surface area contributed by atoms with Gasteiger partial charge in [0, 0.05) is 28.1 Å². The van der Waals surface area contributed by atoms with Gasteiger partial charge >= 0.3 is 6.18 Å². The second kappa shape index (κ2) is 16.0. The summed E-state index contributed by atoms with van der Waals surface area (Å²) in [6.07, 6.45) is -0.152. The first-order valence-corrected chi connectivity index (χ1v) is 15.4. The number of ether oxygens (including phenoxy) is 1. The monoisotopic (exact) mass is 603 g/mol. The van der Waals surface area contributed by atoms with Gasteiger partial charge in [0.25, 0.3) is 0 Å². The molecule has 4 rings (SSSR count). The van der Waals surface area contributed by atoms with E-state index < -0.39 is 12.7 Å². The van der Waals surface area contributed by atoms with Crippen LogP contribution in [0.15, 0.2) is 47.4 Å². The molecule has 3 aromatic rings. The summed E-state index contributed by atoms with van der Waals surface area (Å²) in [5.41, 5.74) is 2.48. The van der Waals surface area contributed by atoms with Crippen molar-refractivity contribution in [1.82, 2.24) is 14.2 Å². The molecule has 1 aliphatic rings. The van der Waals surface area contributed by atoms with Crippen molar-refractivity contribution >= 4 is 34.2 Å². The molecule has 1 saturated carbocycles. The van der Waals surface area contributed by atoms with Gasteiger partial charge in [-0.15, -0.1) is 0 Å². The number of alkyl halides is 3. The zero-order valence-corrected chi connectivity index (χ0v) is 26.3. The minimum Gasteiger partial charge on any atom is -0.495 e. The Kier molecular flexibility index (Phi) is 12.8. The molecule has 1 aromatic heterocycles. The van der Waals surface area contributed by atoms with E-state index in [0.717, 1.165) is 53.9 Å². The number of nitrogens with zero attached hydrogens (tertiary/aromatic N) is 2. The van der Waals surface area contributed by atoms with Gasteiger partial charge in [0.2, 0.25) is 0 Å². The molecule has 0 unspecified atom stereocenters. The van der Waals surface area contributed by atoms with Gasteiger partial charge < -0.3 is 25.3 Å². The zero-order chi connectivity index (χ0) is 30.7. The van der Waals surface area contributed by atoms with E-state index in [1.807, 2.05) is 62.6 Å². The fraction of sp³-hybridized carbons (Fsp3) is 0.500. The minimum absolute atomic E-state index is 0.254. The molecule has 0 atom stereocenters. The maximum atomic E-state index is 13.6. The number of nitrogens with one attached hydrogen (secondary N) is 3. The number of hydrogen-bond donors (Lipinski definition) is 3. The molecule has 0 spiro atoms. The van der Waals surface area contributed by atoms with Crippen LogP contribution in [0.25, 0.3) is 10.9 Å². The van der Waals surface area contributed by atoms with Gasteiger partial charge in [-0.3, -0.25) is 4.31 Å². The van der Waals surface area contributed by atoms with Gasteiger partial charge in [-0.2, -0.15) is 13.2 Å². The van der Waals surface area contributed by atoms with Crippen molar-refractivity contribution in [2.75, 3.05) is 44.9 Å². The first-order chi connectivity index (χ1) is 20.2. The van der Waals surface area contributed by atoms with E-state index in [0.29, 0.717) is 29.0 Å². The Morgan fingerprint density at radius 3 is 2.38 bits per heavy atom. The summed E-state index contributed by atoms with van der Waals surface area (Å²) in [6.45, 7) is 6.24. The zero-order valence-electron chi connectivity index (χ0n) is 25.5. The highest BCUT2D eigenvalue weighted by Gasteiger charge is 2.30. The summed E-state index contributed by atoms with van der Waals surface area (Å²) in [4.78, 5) is 1.03. The molecule has 3 N–H and O–H groups in total. The summed E-state index contributed by atoms with van der Waals surface area (Å²) >= 11 is 1.58. The third kappa shape index (κ3) is 9.51. The van der Waals surface area contributed by atoms with Crippen molar-refractivity contribution in [1.29, 1.82) is 0 Å². The summed E-state index contributed by atoms with van der Waals surface area (Å²) in [6, 6.07) is 13.9. The van der Waals surface area contributed by atoms with Crippen LogP contribution in [0, 0.1) is 11.8 Å². The van der Waals surface area contributed by atoms with E-state index >= 15 is 0 Å². The Bertz CT molecular complexity index is 1340. The normalized spacial score (nSPS) is 16.8. The van der Waals surface area contributed by atoms with Crippen LogP contribution in [-0.4, -0.2) is 61.4 Å². The number of aromatic nitrogens is 1. The number of fused-ring (bicyclic) bond motifs is 1. The van der Waals surface area contributed by atoms with Crippen LogP contribution >= 0.6 is 11.9 Å². The Labute approximate surface area is 252 Å². The van der Waals surface area contributed by atoms with E-state index in [2.05, 4.69) is 34.7 Å². The lowest BCUT2D eigenvalue weighted by Crippen LogP contribution is -2.36. The third-order valence-corrected chi connectivity index (χ3v) is 7.74. The van der Waals surface area contributed by atoms with Crippen LogP contribution in [0.4, 0.5) is 24.5 Å². The van der Waals surface area contributed by atoms with E-state index in [1.54, 1.807) is 31.2 Å². The highest BCUT2D eigenvalue weighted by molar-refractivity contribution is 7.97. The molecule has 0 aliphatic heterocycles. The molecule has 42 heavy (non-hydrogen) atoms. The van der Waals surface area contributed by atoms with Gasteiger partial charge in [0.1, 0.15) is 12.3 Å². The Balaban J connectivity index is 0.00000237. The molecule has 0 radical (unpaired) electrons. The lowest BCUT2D eigenvalue weighted by atomic mass is 9.91. The van der Waals surface area contributed by atoms with Crippen LogP contribution in [0.1, 0.15) is 52.1 Å². The van der Waals surface area contributed by atoms with Gasteiger partial charge in [-0.05, 0) is 101 Å². The molecular weight excluding hydrogens is 559 g/mol. The average Bonchev–Trinajstić information content (AvgIpc) is 3.30. The summed E-state index contributed by atoms with van der Waals surface area (Å²) < 4.78 is 49.5. The van der Waals surface area contributed by atoms with Crippen molar-refractivity contribution in [3.8, 4) is 17.6 Å². The summed E-state index contributed by atoms with van der Waals surface area (Å²) in [5.74, 6) is 6.67. The number of halogens is 3. The molecule has 1 heterocycles. The smallest absolute Gasteiger partial charge is 0.406 e. The molecule has 0 bridgehead atoms. The van der Waals surface area contributed by atoms with E-state index in [4.69, 9.17) is 4.74 Å². The lowest BCUT2D eigenvalue weighted by Gasteiger charge is -2.30. The molecular formula is C32H44F3N5OS. The second-order valence-electron chi connectivity index (χ2n) is 10.1. The van der Waals surface area contributed by atoms with Gasteiger partial charge in [0.05, 0.1) is 30.6 Å². The Hall–Kier alpha value is -3.00. The van der Waals surface area contributed by atoms with E-state index in [1.165, 1.54) is 4.57 Å². The van der Waals surface area contributed by atoms with Gasteiger partial charge in [0.15, 0.2) is 0 Å². The van der Waals surface area contributed by atoms with Crippen molar-refractivity contribution in [2.24, 2.45) is 0 Å². The lowest BCUT2D eigenvalue weighted by molar-refractivity contribution is -0.140. The fourth-order valence-electron chi connectivity index (χ4n) is 5.17. The Morgan fingerprint density at radius 1 is 1.02 bits per heavy atom. The maximum absolute atomic E-state index is 13.6.